The van der Waals surface area contributed by atoms with E-state index in [1.807, 2.05) is 37.3 Å². The lowest BCUT2D eigenvalue weighted by Crippen LogP contribution is -2.35. The third-order valence-electron chi connectivity index (χ3n) is 6.27. The molecule has 10 nitrogen and oxygen atoms in total. The fraction of sp³-hybridized carbons (Fsp3) is 0.125. The summed E-state index contributed by atoms with van der Waals surface area (Å²) < 4.78 is 11.7. The van der Waals surface area contributed by atoms with E-state index in [0.29, 0.717) is 28.9 Å². The zero-order valence-electron chi connectivity index (χ0n) is 22.5. The number of hydrogen-bond donors (Lipinski definition) is 3. The van der Waals surface area contributed by atoms with Gasteiger partial charge in [-0.05, 0) is 61.0 Å². The summed E-state index contributed by atoms with van der Waals surface area (Å²) in [6, 6.07) is 24.8. The fourth-order valence-corrected chi connectivity index (χ4v) is 4.19. The molecular formula is C32H27NO9. The van der Waals surface area contributed by atoms with Crippen LogP contribution in [0.5, 0.6) is 17.2 Å². The van der Waals surface area contributed by atoms with Gasteiger partial charge in [0.25, 0.3) is 5.91 Å². The van der Waals surface area contributed by atoms with E-state index in [1.165, 1.54) is 4.90 Å². The molecule has 1 amide bonds. The molecule has 0 spiro atoms. The van der Waals surface area contributed by atoms with Crippen molar-refractivity contribution in [2.45, 2.75) is 13.5 Å². The van der Waals surface area contributed by atoms with E-state index < -0.39 is 46.1 Å². The Morgan fingerprint density at radius 1 is 0.643 bits per heavy atom. The Bertz CT molecular complexity index is 1620. The van der Waals surface area contributed by atoms with E-state index in [4.69, 9.17) is 9.47 Å². The maximum Gasteiger partial charge on any atom is 0.336 e. The summed E-state index contributed by atoms with van der Waals surface area (Å²) >= 11 is 0. The highest BCUT2D eigenvalue weighted by Gasteiger charge is 2.28. The van der Waals surface area contributed by atoms with Crippen LogP contribution in [-0.2, 0) is 6.54 Å². The van der Waals surface area contributed by atoms with Crippen molar-refractivity contribution in [3.63, 3.8) is 0 Å². The van der Waals surface area contributed by atoms with Crippen molar-refractivity contribution in [1.82, 2.24) is 4.90 Å². The van der Waals surface area contributed by atoms with Crippen LogP contribution in [0.2, 0.25) is 0 Å². The smallest absolute Gasteiger partial charge is 0.336 e. The first-order valence-electron chi connectivity index (χ1n) is 12.8. The Kier molecular flexibility index (Phi) is 9.18. The van der Waals surface area contributed by atoms with Gasteiger partial charge in [0.05, 0.1) is 28.8 Å². The standard InChI is InChI=1S/C32H27NO9/c1-20-10-12-23(13-11-20)42-24-9-5-6-21(16-24)19-33(14-15-41-22-7-3-2-4-8-22)29(34)25-17-27(31(37)38)28(32(39)40)18-26(25)30(35)36/h2-13,16-18H,14-15,19H2,1H3,(H,35,36)(H,37,38)(H,39,40). The van der Waals surface area contributed by atoms with Crippen LogP contribution in [0.25, 0.3) is 0 Å². The molecule has 0 unspecified atom stereocenters. The zero-order valence-corrected chi connectivity index (χ0v) is 22.5. The minimum Gasteiger partial charge on any atom is -0.492 e. The maximum absolute atomic E-state index is 13.8. The number of aromatic carboxylic acids is 3. The van der Waals surface area contributed by atoms with Gasteiger partial charge >= 0.3 is 17.9 Å². The molecule has 0 heterocycles. The van der Waals surface area contributed by atoms with Crippen molar-refractivity contribution < 1.29 is 44.0 Å². The SMILES string of the molecule is Cc1ccc(Oc2cccc(CN(CCOc3ccccc3)C(=O)c3cc(C(=O)O)c(C(=O)O)cc3C(=O)O)c2)cc1. The van der Waals surface area contributed by atoms with Gasteiger partial charge in [-0.1, -0.05) is 48.0 Å². The molecule has 0 saturated heterocycles. The number of para-hydroxylation sites is 1. The van der Waals surface area contributed by atoms with Crippen LogP contribution in [0, 0.1) is 6.92 Å². The average molecular weight is 570 g/mol. The minimum absolute atomic E-state index is 0.00107. The number of aryl methyl sites for hydroxylation is 1. The number of ether oxygens (including phenoxy) is 2. The van der Waals surface area contributed by atoms with Gasteiger partial charge in [0, 0.05) is 6.54 Å². The van der Waals surface area contributed by atoms with Gasteiger partial charge in [-0.15, -0.1) is 0 Å². The van der Waals surface area contributed by atoms with Gasteiger partial charge in [-0.25, -0.2) is 14.4 Å². The normalized spacial score (nSPS) is 10.5. The summed E-state index contributed by atoms with van der Waals surface area (Å²) in [7, 11) is 0. The van der Waals surface area contributed by atoms with Crippen molar-refractivity contribution in [1.29, 1.82) is 0 Å². The summed E-state index contributed by atoms with van der Waals surface area (Å²) in [5, 5.41) is 28.8. The molecule has 0 aliphatic rings. The van der Waals surface area contributed by atoms with E-state index in [-0.39, 0.29) is 19.7 Å². The first-order chi connectivity index (χ1) is 20.1. The predicted octanol–water partition coefficient (Wildman–Crippen LogP) is 5.60. The molecule has 3 N–H and O–H groups in total. The quantitative estimate of drug-likeness (QED) is 0.198. The first kappa shape index (κ1) is 29.3. The van der Waals surface area contributed by atoms with Crippen molar-refractivity contribution in [2.24, 2.45) is 0 Å². The Balaban J connectivity index is 1.67. The van der Waals surface area contributed by atoms with Gasteiger partial charge in [0.2, 0.25) is 0 Å². The van der Waals surface area contributed by atoms with E-state index in [2.05, 4.69) is 0 Å². The molecule has 0 aromatic heterocycles. The predicted molar refractivity (Wildman–Crippen MR) is 152 cm³/mol. The van der Waals surface area contributed by atoms with Crippen LogP contribution in [0.3, 0.4) is 0 Å². The van der Waals surface area contributed by atoms with Crippen LogP contribution >= 0.6 is 0 Å². The number of carbonyl (C=O) groups excluding carboxylic acids is 1. The van der Waals surface area contributed by atoms with Crippen molar-refractivity contribution in [3.05, 3.63) is 124 Å². The summed E-state index contributed by atoms with van der Waals surface area (Å²) in [4.78, 5) is 50.6. The Morgan fingerprint density at radius 3 is 1.83 bits per heavy atom. The second-order valence-corrected chi connectivity index (χ2v) is 9.31. The average Bonchev–Trinajstić information content (AvgIpc) is 2.97. The lowest BCUT2D eigenvalue weighted by molar-refractivity contribution is 0.0642. The van der Waals surface area contributed by atoms with Crippen molar-refractivity contribution in [3.8, 4) is 17.2 Å². The highest BCUT2D eigenvalue weighted by atomic mass is 16.5. The van der Waals surface area contributed by atoms with Crippen LogP contribution in [0.4, 0.5) is 0 Å². The first-order valence-corrected chi connectivity index (χ1v) is 12.8. The van der Waals surface area contributed by atoms with E-state index in [1.54, 1.807) is 48.5 Å². The highest BCUT2D eigenvalue weighted by molar-refractivity contribution is 6.10. The number of nitrogens with zero attached hydrogens (tertiary/aromatic N) is 1. The van der Waals surface area contributed by atoms with Crippen LogP contribution in [0.1, 0.15) is 52.6 Å². The molecule has 214 valence electrons. The van der Waals surface area contributed by atoms with E-state index in [0.717, 1.165) is 11.6 Å². The molecule has 0 radical (unpaired) electrons. The number of benzene rings is 4. The van der Waals surface area contributed by atoms with Crippen LogP contribution < -0.4 is 9.47 Å². The monoisotopic (exact) mass is 569 g/mol. The van der Waals surface area contributed by atoms with E-state index >= 15 is 0 Å². The molecule has 0 fully saturated rings. The molecule has 10 heteroatoms. The second kappa shape index (κ2) is 13.1. The minimum atomic E-state index is -1.63. The summed E-state index contributed by atoms with van der Waals surface area (Å²) in [6.07, 6.45) is 0. The molecule has 0 aliphatic heterocycles. The number of amides is 1. The summed E-state index contributed by atoms with van der Waals surface area (Å²) in [5.74, 6) is -3.95. The number of rotatable bonds is 12. The molecule has 0 saturated carbocycles. The van der Waals surface area contributed by atoms with Crippen LogP contribution in [-0.4, -0.2) is 57.2 Å². The molecule has 4 aromatic carbocycles. The maximum atomic E-state index is 13.8. The molecule has 0 aliphatic carbocycles. The van der Waals surface area contributed by atoms with Gasteiger partial charge in [-0.3, -0.25) is 4.79 Å². The molecular weight excluding hydrogens is 542 g/mol. The van der Waals surface area contributed by atoms with E-state index in [9.17, 15) is 34.5 Å². The summed E-state index contributed by atoms with van der Waals surface area (Å²) in [6.45, 7) is 1.99. The molecule has 4 aromatic rings. The zero-order chi connectivity index (χ0) is 30.2. The third kappa shape index (κ3) is 7.30. The second-order valence-electron chi connectivity index (χ2n) is 9.31. The Hall–Kier alpha value is -5.64. The lowest BCUT2D eigenvalue weighted by Gasteiger charge is -2.24. The molecule has 42 heavy (non-hydrogen) atoms. The Morgan fingerprint density at radius 2 is 1.21 bits per heavy atom. The highest BCUT2D eigenvalue weighted by Crippen LogP contribution is 2.25. The number of carbonyl (C=O) groups is 4. The van der Waals surface area contributed by atoms with Crippen molar-refractivity contribution in [2.75, 3.05) is 13.2 Å². The molecule has 0 atom stereocenters. The third-order valence-corrected chi connectivity index (χ3v) is 6.27. The lowest BCUT2D eigenvalue weighted by atomic mass is 9.97. The topological polar surface area (TPSA) is 151 Å². The van der Waals surface area contributed by atoms with Gasteiger partial charge in [-0.2, -0.15) is 0 Å². The molecule has 0 bridgehead atoms. The number of carboxylic acid groups (broad SMARTS) is 3. The van der Waals surface area contributed by atoms with Gasteiger partial charge in [0.15, 0.2) is 0 Å². The van der Waals surface area contributed by atoms with Crippen LogP contribution in [0.15, 0.2) is 91.0 Å². The van der Waals surface area contributed by atoms with Gasteiger partial charge < -0.3 is 29.7 Å². The Labute approximate surface area is 241 Å². The summed E-state index contributed by atoms with van der Waals surface area (Å²) in [5.41, 5.74) is -0.818. The number of carboxylic acids is 3. The van der Waals surface area contributed by atoms with Crippen molar-refractivity contribution >= 4 is 23.8 Å². The van der Waals surface area contributed by atoms with Gasteiger partial charge in [0.1, 0.15) is 23.9 Å². The number of hydrogen-bond acceptors (Lipinski definition) is 6. The largest absolute Gasteiger partial charge is 0.492 e. The fourth-order valence-electron chi connectivity index (χ4n) is 4.19. The molecule has 4 rings (SSSR count).